The topological polar surface area (TPSA) is 42.7 Å². The van der Waals surface area contributed by atoms with Crippen LogP contribution in [0.1, 0.15) is 39.4 Å². The second-order valence-electron chi connectivity index (χ2n) is 5.38. The quantitative estimate of drug-likeness (QED) is 0.786. The van der Waals surface area contributed by atoms with Crippen molar-refractivity contribution in [1.82, 2.24) is 20.1 Å². The van der Waals surface area contributed by atoms with Gasteiger partial charge in [0.05, 0.1) is 0 Å². The van der Waals surface area contributed by atoms with E-state index in [1.165, 1.54) is 12.8 Å². The van der Waals surface area contributed by atoms with Gasteiger partial charge in [-0.25, -0.2) is 4.98 Å². The van der Waals surface area contributed by atoms with Gasteiger partial charge < -0.3 is 5.32 Å². The zero-order chi connectivity index (χ0) is 12.3. The molecule has 17 heavy (non-hydrogen) atoms. The van der Waals surface area contributed by atoms with E-state index in [1.807, 2.05) is 4.68 Å². The van der Waals surface area contributed by atoms with Crippen LogP contribution in [0.15, 0.2) is 6.33 Å². The van der Waals surface area contributed by atoms with E-state index in [1.54, 1.807) is 6.33 Å². The summed E-state index contributed by atoms with van der Waals surface area (Å²) in [4.78, 5) is 4.38. The van der Waals surface area contributed by atoms with Crippen molar-refractivity contribution in [2.24, 2.45) is 11.8 Å². The third-order valence-corrected chi connectivity index (χ3v) is 3.63. The van der Waals surface area contributed by atoms with Gasteiger partial charge in [-0.15, -0.1) is 0 Å². The lowest BCUT2D eigenvalue weighted by molar-refractivity contribution is 0.347. The van der Waals surface area contributed by atoms with E-state index in [4.69, 9.17) is 0 Å². The predicted octanol–water partition coefficient (Wildman–Crippen LogP) is 1.86. The lowest BCUT2D eigenvalue weighted by Gasteiger charge is -2.21. The van der Waals surface area contributed by atoms with Crippen LogP contribution in [-0.4, -0.2) is 27.4 Å². The fourth-order valence-electron chi connectivity index (χ4n) is 2.09. The fourth-order valence-corrected chi connectivity index (χ4v) is 2.09. The third-order valence-electron chi connectivity index (χ3n) is 3.63. The largest absolute Gasteiger partial charge is 0.314 e. The molecular weight excluding hydrogens is 212 g/mol. The van der Waals surface area contributed by atoms with Crippen molar-refractivity contribution >= 4 is 0 Å². The SMILES string of the molecule is CCn1ncnc1CC(CNC1CC1)C(C)C. The van der Waals surface area contributed by atoms with Crippen LogP contribution in [-0.2, 0) is 13.0 Å². The van der Waals surface area contributed by atoms with Gasteiger partial charge in [-0.3, -0.25) is 4.68 Å². The molecule has 2 rings (SSSR count). The van der Waals surface area contributed by atoms with Crippen molar-refractivity contribution in [3.05, 3.63) is 12.2 Å². The molecular formula is C13H24N4. The number of aromatic nitrogens is 3. The van der Waals surface area contributed by atoms with Gasteiger partial charge in [-0.1, -0.05) is 13.8 Å². The van der Waals surface area contributed by atoms with Crippen LogP contribution in [0.4, 0.5) is 0 Å². The summed E-state index contributed by atoms with van der Waals surface area (Å²) in [6.45, 7) is 8.73. The van der Waals surface area contributed by atoms with E-state index in [9.17, 15) is 0 Å². The number of aryl methyl sites for hydroxylation is 1. The zero-order valence-electron chi connectivity index (χ0n) is 11.2. The Morgan fingerprint density at radius 1 is 1.47 bits per heavy atom. The van der Waals surface area contributed by atoms with E-state index < -0.39 is 0 Å². The number of nitrogens with one attached hydrogen (secondary N) is 1. The molecule has 0 radical (unpaired) electrons. The molecule has 1 aliphatic rings. The van der Waals surface area contributed by atoms with Crippen LogP contribution >= 0.6 is 0 Å². The Morgan fingerprint density at radius 3 is 2.82 bits per heavy atom. The van der Waals surface area contributed by atoms with Gasteiger partial charge in [0, 0.05) is 19.0 Å². The zero-order valence-corrected chi connectivity index (χ0v) is 11.2. The van der Waals surface area contributed by atoms with Crippen LogP contribution in [0.2, 0.25) is 0 Å². The summed E-state index contributed by atoms with van der Waals surface area (Å²) in [6, 6.07) is 0.792. The average molecular weight is 236 g/mol. The molecule has 0 aromatic carbocycles. The second kappa shape index (κ2) is 5.63. The normalized spacial score (nSPS) is 17.6. The molecule has 1 saturated carbocycles. The molecule has 1 unspecified atom stereocenters. The molecule has 0 bridgehead atoms. The summed E-state index contributed by atoms with van der Waals surface area (Å²) >= 11 is 0. The first-order valence-corrected chi connectivity index (χ1v) is 6.80. The van der Waals surface area contributed by atoms with E-state index in [0.717, 1.165) is 31.4 Å². The Balaban J connectivity index is 1.91. The highest BCUT2D eigenvalue weighted by atomic mass is 15.3. The Hall–Kier alpha value is -0.900. The number of nitrogens with zero attached hydrogens (tertiary/aromatic N) is 3. The lowest BCUT2D eigenvalue weighted by atomic mass is 9.92. The lowest BCUT2D eigenvalue weighted by Crippen LogP contribution is -2.30. The van der Waals surface area contributed by atoms with Gasteiger partial charge in [0.25, 0.3) is 0 Å². The van der Waals surface area contributed by atoms with Crippen LogP contribution in [0, 0.1) is 11.8 Å². The van der Waals surface area contributed by atoms with E-state index >= 15 is 0 Å². The highest BCUT2D eigenvalue weighted by molar-refractivity contribution is 4.90. The molecule has 1 aromatic rings. The molecule has 0 saturated heterocycles. The van der Waals surface area contributed by atoms with Crippen molar-refractivity contribution in [3.63, 3.8) is 0 Å². The fraction of sp³-hybridized carbons (Fsp3) is 0.846. The number of hydrogen-bond donors (Lipinski definition) is 1. The average Bonchev–Trinajstić information content (AvgIpc) is 3.02. The van der Waals surface area contributed by atoms with Crippen molar-refractivity contribution in [3.8, 4) is 0 Å². The molecule has 1 aliphatic carbocycles. The molecule has 0 spiro atoms. The minimum Gasteiger partial charge on any atom is -0.314 e. The highest BCUT2D eigenvalue weighted by Gasteiger charge is 2.23. The summed E-state index contributed by atoms with van der Waals surface area (Å²) in [6.07, 6.45) is 5.42. The van der Waals surface area contributed by atoms with Crippen molar-refractivity contribution < 1.29 is 0 Å². The molecule has 1 fully saturated rings. The molecule has 1 aromatic heterocycles. The molecule has 1 N–H and O–H groups in total. The molecule has 4 heteroatoms. The maximum absolute atomic E-state index is 4.38. The standard InChI is InChI=1S/C13H24N4/c1-4-17-13(15-9-16-17)7-11(10(2)3)8-14-12-5-6-12/h9-12,14H,4-8H2,1-3H3. The summed E-state index contributed by atoms with van der Waals surface area (Å²) in [5.41, 5.74) is 0. The molecule has 96 valence electrons. The summed E-state index contributed by atoms with van der Waals surface area (Å²) < 4.78 is 2.01. The van der Waals surface area contributed by atoms with Gasteiger partial charge in [0.15, 0.2) is 0 Å². The first-order chi connectivity index (χ1) is 8.20. The number of rotatable bonds is 7. The molecule has 0 aliphatic heterocycles. The summed E-state index contributed by atoms with van der Waals surface area (Å²) in [5.74, 6) is 2.47. The Morgan fingerprint density at radius 2 is 2.24 bits per heavy atom. The van der Waals surface area contributed by atoms with Gasteiger partial charge in [0.2, 0.25) is 0 Å². The van der Waals surface area contributed by atoms with E-state index in [0.29, 0.717) is 11.8 Å². The van der Waals surface area contributed by atoms with E-state index in [-0.39, 0.29) is 0 Å². The first kappa shape index (κ1) is 12.6. The highest BCUT2D eigenvalue weighted by Crippen LogP contribution is 2.21. The van der Waals surface area contributed by atoms with Crippen molar-refractivity contribution in [1.29, 1.82) is 0 Å². The molecule has 0 amide bonds. The second-order valence-corrected chi connectivity index (χ2v) is 5.38. The summed E-state index contributed by atoms with van der Waals surface area (Å²) in [5, 5.41) is 7.87. The maximum Gasteiger partial charge on any atom is 0.138 e. The minimum absolute atomic E-state index is 0.657. The third kappa shape index (κ3) is 3.53. The monoisotopic (exact) mass is 236 g/mol. The smallest absolute Gasteiger partial charge is 0.138 e. The Bertz CT molecular complexity index is 341. The van der Waals surface area contributed by atoms with Crippen LogP contribution in [0.25, 0.3) is 0 Å². The molecule has 4 nitrogen and oxygen atoms in total. The maximum atomic E-state index is 4.38. The minimum atomic E-state index is 0.657. The van der Waals surface area contributed by atoms with Crippen LogP contribution < -0.4 is 5.32 Å². The van der Waals surface area contributed by atoms with Crippen molar-refractivity contribution in [2.45, 2.75) is 52.6 Å². The first-order valence-electron chi connectivity index (χ1n) is 6.80. The van der Waals surface area contributed by atoms with Crippen LogP contribution in [0.5, 0.6) is 0 Å². The Kier molecular flexibility index (Phi) is 4.15. The van der Waals surface area contributed by atoms with Crippen molar-refractivity contribution in [2.75, 3.05) is 6.54 Å². The number of hydrogen-bond acceptors (Lipinski definition) is 3. The molecule has 1 heterocycles. The van der Waals surface area contributed by atoms with Gasteiger partial charge in [-0.2, -0.15) is 5.10 Å². The van der Waals surface area contributed by atoms with Crippen LogP contribution in [0.3, 0.4) is 0 Å². The predicted molar refractivity (Wildman–Crippen MR) is 68.8 cm³/mol. The van der Waals surface area contributed by atoms with Gasteiger partial charge in [-0.05, 0) is 38.1 Å². The van der Waals surface area contributed by atoms with E-state index in [2.05, 4.69) is 36.2 Å². The van der Waals surface area contributed by atoms with Gasteiger partial charge >= 0.3 is 0 Å². The summed E-state index contributed by atoms with van der Waals surface area (Å²) in [7, 11) is 0. The molecule has 1 atom stereocenters. The Labute approximate surface area is 104 Å². The van der Waals surface area contributed by atoms with Gasteiger partial charge in [0.1, 0.15) is 12.2 Å².